The maximum Gasteiger partial charge on any atom is 0.243 e. The summed E-state index contributed by atoms with van der Waals surface area (Å²) in [6.45, 7) is 3.79. The van der Waals surface area contributed by atoms with Crippen LogP contribution in [0.25, 0.3) is 0 Å². The second-order valence-electron chi connectivity index (χ2n) is 7.28. The molecule has 2 aromatic rings. The number of carbonyl (C=O) groups is 2. The molecule has 0 aliphatic rings. The minimum atomic E-state index is -0.782. The third-order valence-electron chi connectivity index (χ3n) is 5.17. The van der Waals surface area contributed by atoms with Crippen LogP contribution < -0.4 is 26.4 Å². The molecule has 0 aromatic heterocycles. The number of hydroxylamine groups is 1. The highest BCUT2D eigenvalue weighted by atomic mass is 32.1. The topological polar surface area (TPSA) is 111 Å². The Morgan fingerprint density at radius 1 is 1.20 bits per heavy atom. The number of likely N-dealkylation sites (N-methyl/N-ethyl adjacent to an activating group) is 1. The molecule has 3 atom stereocenters. The van der Waals surface area contributed by atoms with Crippen molar-refractivity contribution in [1.82, 2.24) is 10.6 Å². The lowest BCUT2D eigenvalue weighted by molar-refractivity contribution is -0.129. The highest BCUT2D eigenvalue weighted by Crippen LogP contribution is 2.27. The molecule has 0 radical (unpaired) electrons. The molecule has 162 valence electrons. The Kier molecular flexibility index (Phi) is 8.08. The first-order chi connectivity index (χ1) is 14.2. The van der Waals surface area contributed by atoms with Crippen LogP contribution in [0.1, 0.15) is 25.8 Å². The predicted octanol–water partition coefficient (Wildman–Crippen LogP) is 1.78. The van der Waals surface area contributed by atoms with E-state index in [1.165, 1.54) is 14.1 Å². The molecule has 0 bridgehead atoms. The Labute approximate surface area is 180 Å². The first-order valence-corrected chi connectivity index (χ1v) is 10.2. The van der Waals surface area contributed by atoms with Gasteiger partial charge in [0, 0.05) is 20.5 Å². The molecule has 8 nitrogen and oxygen atoms in total. The van der Waals surface area contributed by atoms with E-state index in [-0.39, 0.29) is 27.7 Å². The maximum atomic E-state index is 13.1. The van der Waals surface area contributed by atoms with Crippen LogP contribution >= 0.6 is 12.2 Å². The van der Waals surface area contributed by atoms with Crippen LogP contribution in [0.2, 0.25) is 0 Å². The van der Waals surface area contributed by atoms with Crippen LogP contribution in [0, 0.1) is 10.4 Å². The average molecular weight is 433 g/mol. The van der Waals surface area contributed by atoms with Crippen molar-refractivity contribution >= 4 is 35.4 Å². The fraction of sp³-hybridized carbons (Fsp3) is 0.429. The third kappa shape index (κ3) is 5.22. The summed E-state index contributed by atoms with van der Waals surface area (Å²) in [6.07, 6.45) is 0.987. The summed E-state index contributed by atoms with van der Waals surface area (Å²) in [6, 6.07) is 7.82. The van der Waals surface area contributed by atoms with E-state index in [1.807, 2.05) is 44.2 Å². The minimum absolute atomic E-state index is 0.0122. The molecular weight excluding hydrogens is 404 g/mol. The molecule has 2 rings (SSSR count). The second kappa shape index (κ2) is 10.3. The Morgan fingerprint density at radius 2 is 1.83 bits per heavy atom. The fourth-order valence-corrected chi connectivity index (χ4v) is 3.51. The highest BCUT2D eigenvalue weighted by Gasteiger charge is 2.31. The average Bonchev–Trinajstić information content (AvgIpc) is 2.74. The van der Waals surface area contributed by atoms with Gasteiger partial charge < -0.3 is 16.0 Å². The minimum Gasteiger partial charge on any atom is -0.368 e. The Hall–Kier alpha value is -2.78. The van der Waals surface area contributed by atoms with E-state index in [9.17, 15) is 19.6 Å². The molecule has 30 heavy (non-hydrogen) atoms. The first kappa shape index (κ1) is 23.5. The zero-order valence-corrected chi connectivity index (χ0v) is 18.4. The second-order valence-corrected chi connectivity index (χ2v) is 7.69. The van der Waals surface area contributed by atoms with Crippen LogP contribution in [-0.2, 0) is 16.0 Å². The summed E-state index contributed by atoms with van der Waals surface area (Å²) in [7, 11) is 2.87. The van der Waals surface area contributed by atoms with Gasteiger partial charge in [0.1, 0.15) is 28.0 Å². The number of hydrogen-bond donors (Lipinski definition) is 4. The van der Waals surface area contributed by atoms with Crippen molar-refractivity contribution < 1.29 is 14.8 Å². The van der Waals surface area contributed by atoms with Gasteiger partial charge in [-0.2, -0.15) is 0 Å². The highest BCUT2D eigenvalue weighted by molar-refractivity contribution is 7.71. The lowest BCUT2D eigenvalue weighted by Gasteiger charge is -2.29. The zero-order valence-electron chi connectivity index (χ0n) is 17.6. The van der Waals surface area contributed by atoms with Crippen LogP contribution in [0.4, 0.5) is 11.4 Å². The molecule has 0 fully saturated rings. The van der Waals surface area contributed by atoms with Crippen LogP contribution in [0.3, 0.4) is 0 Å². The normalized spacial score (nSPS) is 13.9. The van der Waals surface area contributed by atoms with Crippen molar-refractivity contribution in [1.29, 1.82) is 0 Å². The van der Waals surface area contributed by atoms with E-state index >= 15 is 0 Å². The standard InChI is InChI=1S/C21H28N4O4S/c1-5-12(2)15(24-16-17(25(4)29)19(30)18(16)26)21(28)23-14(20(27)22-3)11-13-9-7-6-8-10-13/h6-10,12,14-15,24,29H,5,11H2,1-4H3,(H,22,27)(H,23,28)/t12-,14-,15-/m0/s1. The van der Waals surface area contributed by atoms with Gasteiger partial charge in [0.15, 0.2) is 0 Å². The van der Waals surface area contributed by atoms with E-state index in [0.29, 0.717) is 12.8 Å². The number of benzene rings is 1. The van der Waals surface area contributed by atoms with E-state index < -0.39 is 23.4 Å². The molecule has 0 spiro atoms. The van der Waals surface area contributed by atoms with Gasteiger partial charge in [-0.05, 0) is 11.5 Å². The van der Waals surface area contributed by atoms with Crippen molar-refractivity contribution in [2.75, 3.05) is 24.5 Å². The van der Waals surface area contributed by atoms with E-state index in [0.717, 1.165) is 10.6 Å². The largest absolute Gasteiger partial charge is 0.368 e. The third-order valence-corrected chi connectivity index (χ3v) is 5.54. The molecule has 2 amide bonds. The molecule has 0 aliphatic carbocycles. The number of rotatable bonds is 10. The van der Waals surface area contributed by atoms with Crippen molar-refractivity contribution in [3.8, 4) is 0 Å². The lowest BCUT2D eigenvalue weighted by Crippen LogP contribution is -2.53. The maximum absolute atomic E-state index is 13.1. The molecule has 0 aliphatic heterocycles. The number of nitrogens with zero attached hydrogens (tertiary/aromatic N) is 1. The van der Waals surface area contributed by atoms with Gasteiger partial charge in [-0.1, -0.05) is 62.8 Å². The SMILES string of the molecule is CC[C@H](C)[C@H](Nc1c(N(C)O)c(=S)c1=O)C(=O)N[C@@H](Cc1ccccc1)C(=O)NC. The molecule has 4 N–H and O–H groups in total. The van der Waals surface area contributed by atoms with Crippen LogP contribution in [0.5, 0.6) is 0 Å². The summed E-state index contributed by atoms with van der Waals surface area (Å²) in [5, 5.41) is 18.8. The molecule has 0 saturated carbocycles. The smallest absolute Gasteiger partial charge is 0.243 e. The number of amides is 2. The Balaban J connectivity index is 2.25. The van der Waals surface area contributed by atoms with E-state index in [4.69, 9.17) is 12.2 Å². The lowest BCUT2D eigenvalue weighted by atomic mass is 9.96. The van der Waals surface area contributed by atoms with Crippen molar-refractivity contribution in [2.45, 2.75) is 38.8 Å². The molecule has 0 unspecified atom stereocenters. The van der Waals surface area contributed by atoms with Gasteiger partial charge in [0.05, 0.1) is 0 Å². The quantitative estimate of drug-likeness (QED) is 0.335. The molecule has 0 heterocycles. The number of hydrogen-bond acceptors (Lipinski definition) is 7. The first-order valence-electron chi connectivity index (χ1n) is 9.79. The number of carbonyl (C=O) groups excluding carboxylic acids is 2. The van der Waals surface area contributed by atoms with Crippen molar-refractivity contribution in [3.05, 3.63) is 50.6 Å². The van der Waals surface area contributed by atoms with Gasteiger partial charge in [0.25, 0.3) is 0 Å². The molecule has 0 saturated heterocycles. The van der Waals surface area contributed by atoms with E-state index in [1.54, 1.807) is 0 Å². The summed E-state index contributed by atoms with van der Waals surface area (Å²) >= 11 is 4.98. The summed E-state index contributed by atoms with van der Waals surface area (Å²) < 4.78 is 0.0122. The molecule has 9 heteroatoms. The number of anilines is 2. The summed E-state index contributed by atoms with van der Waals surface area (Å²) in [4.78, 5) is 37.6. The van der Waals surface area contributed by atoms with Crippen molar-refractivity contribution in [3.63, 3.8) is 0 Å². The Bertz CT molecular complexity index is 954. The van der Waals surface area contributed by atoms with Gasteiger partial charge in [-0.3, -0.25) is 24.7 Å². The van der Waals surface area contributed by atoms with Crippen LogP contribution in [-0.4, -0.2) is 43.2 Å². The predicted molar refractivity (Wildman–Crippen MR) is 119 cm³/mol. The van der Waals surface area contributed by atoms with Crippen LogP contribution in [0.15, 0.2) is 35.1 Å². The van der Waals surface area contributed by atoms with Gasteiger partial charge in [-0.25, -0.2) is 0 Å². The summed E-state index contributed by atoms with van der Waals surface area (Å²) in [5.41, 5.74) is 0.772. The molecular formula is C21H28N4O4S. The Morgan fingerprint density at radius 3 is 2.37 bits per heavy atom. The zero-order chi connectivity index (χ0) is 22.4. The van der Waals surface area contributed by atoms with Gasteiger partial charge in [-0.15, -0.1) is 0 Å². The van der Waals surface area contributed by atoms with Gasteiger partial charge >= 0.3 is 0 Å². The fourth-order valence-electron chi connectivity index (χ4n) is 3.17. The number of nitrogens with one attached hydrogen (secondary N) is 3. The monoisotopic (exact) mass is 432 g/mol. The van der Waals surface area contributed by atoms with Gasteiger partial charge in [0.2, 0.25) is 17.2 Å². The summed E-state index contributed by atoms with van der Waals surface area (Å²) in [5.74, 6) is -0.871. The molecule has 2 aromatic carbocycles. The van der Waals surface area contributed by atoms with Crippen molar-refractivity contribution in [2.24, 2.45) is 5.92 Å². The van der Waals surface area contributed by atoms with E-state index in [2.05, 4.69) is 16.0 Å².